The van der Waals surface area contributed by atoms with E-state index in [2.05, 4.69) is 42.5 Å². The Kier molecular flexibility index (Phi) is 4.78. The monoisotopic (exact) mass is 286 g/mol. The molecule has 2 N–H and O–H groups in total. The highest BCUT2D eigenvalue weighted by molar-refractivity contribution is 5.44. The molecule has 1 saturated heterocycles. The first kappa shape index (κ1) is 14.0. The molecule has 21 heavy (non-hydrogen) atoms. The summed E-state index contributed by atoms with van der Waals surface area (Å²) in [5.74, 6) is 0.976. The molecule has 1 aliphatic heterocycles. The number of aromatic amines is 1. The van der Waals surface area contributed by atoms with Crippen molar-refractivity contribution in [3.63, 3.8) is 0 Å². The Bertz CT molecular complexity index is 504. The number of H-pyrrole nitrogens is 1. The molecule has 2 aromatic heterocycles. The lowest BCUT2D eigenvalue weighted by Crippen LogP contribution is -2.42. The van der Waals surface area contributed by atoms with E-state index in [1.807, 2.05) is 12.4 Å². The molecule has 0 aromatic carbocycles. The third kappa shape index (κ3) is 4.01. The minimum atomic E-state index is 0.637. The van der Waals surface area contributed by atoms with Gasteiger partial charge < -0.3 is 10.2 Å². The maximum Gasteiger partial charge on any atom is 0.137 e. The first-order chi connectivity index (χ1) is 10.4. The van der Waals surface area contributed by atoms with E-state index in [9.17, 15) is 0 Å². The Labute approximate surface area is 125 Å². The van der Waals surface area contributed by atoms with Gasteiger partial charge in [0, 0.05) is 43.6 Å². The molecule has 6 heteroatoms. The predicted octanol–water partition coefficient (Wildman–Crippen LogP) is 1.39. The maximum absolute atomic E-state index is 4.14. The standard InChI is InChI=1S/C15H22N6/c1(2-15-18-12-19-20-15)7-17-13-5-10-21(11-6-13)14-3-8-16-9-4-14/h3-4,8-9,12-13,17H,1-2,5-7,10-11H2,(H,18,19,20). The number of aryl methyl sites for hydroxylation is 1. The lowest BCUT2D eigenvalue weighted by molar-refractivity contribution is 0.412. The number of pyridine rings is 1. The zero-order valence-electron chi connectivity index (χ0n) is 12.2. The molecule has 0 aliphatic carbocycles. The van der Waals surface area contributed by atoms with Crippen LogP contribution in [0.1, 0.15) is 25.1 Å². The predicted molar refractivity (Wildman–Crippen MR) is 82.2 cm³/mol. The van der Waals surface area contributed by atoms with Crippen molar-refractivity contribution >= 4 is 5.69 Å². The number of hydrogen-bond donors (Lipinski definition) is 2. The first-order valence-corrected chi connectivity index (χ1v) is 7.64. The summed E-state index contributed by atoms with van der Waals surface area (Å²) in [6.45, 7) is 3.27. The molecular formula is C15H22N6. The van der Waals surface area contributed by atoms with Crippen molar-refractivity contribution < 1.29 is 0 Å². The van der Waals surface area contributed by atoms with E-state index < -0.39 is 0 Å². The van der Waals surface area contributed by atoms with Gasteiger partial charge in [0.05, 0.1) is 0 Å². The Morgan fingerprint density at radius 2 is 2.05 bits per heavy atom. The smallest absolute Gasteiger partial charge is 0.137 e. The average molecular weight is 286 g/mol. The van der Waals surface area contributed by atoms with Gasteiger partial charge in [0.15, 0.2) is 0 Å². The summed E-state index contributed by atoms with van der Waals surface area (Å²) >= 11 is 0. The van der Waals surface area contributed by atoms with Gasteiger partial charge in [0.2, 0.25) is 0 Å². The molecule has 0 radical (unpaired) electrons. The van der Waals surface area contributed by atoms with Crippen LogP contribution in [0.3, 0.4) is 0 Å². The van der Waals surface area contributed by atoms with Crippen molar-refractivity contribution in [2.75, 3.05) is 24.5 Å². The van der Waals surface area contributed by atoms with E-state index in [1.165, 1.54) is 18.5 Å². The number of piperidine rings is 1. The normalized spacial score (nSPS) is 16.3. The summed E-state index contributed by atoms with van der Waals surface area (Å²) in [5, 5.41) is 10.4. The van der Waals surface area contributed by atoms with Crippen LogP contribution in [0.15, 0.2) is 30.9 Å². The lowest BCUT2D eigenvalue weighted by Gasteiger charge is -2.34. The Balaban J connectivity index is 1.34. The van der Waals surface area contributed by atoms with Gasteiger partial charge >= 0.3 is 0 Å². The fourth-order valence-corrected chi connectivity index (χ4v) is 2.81. The minimum absolute atomic E-state index is 0.637. The van der Waals surface area contributed by atoms with E-state index >= 15 is 0 Å². The average Bonchev–Trinajstić information content (AvgIpc) is 3.06. The second-order valence-electron chi connectivity index (χ2n) is 5.46. The number of anilines is 1. The molecule has 3 heterocycles. The number of nitrogens with zero attached hydrogens (tertiary/aromatic N) is 4. The van der Waals surface area contributed by atoms with Crippen LogP contribution in [0.25, 0.3) is 0 Å². The van der Waals surface area contributed by atoms with Gasteiger partial charge in [0.25, 0.3) is 0 Å². The number of aromatic nitrogens is 4. The largest absolute Gasteiger partial charge is 0.371 e. The van der Waals surface area contributed by atoms with E-state index in [-0.39, 0.29) is 0 Å². The van der Waals surface area contributed by atoms with Crippen LogP contribution in [0.5, 0.6) is 0 Å². The number of hydrogen-bond acceptors (Lipinski definition) is 5. The number of rotatable bonds is 6. The van der Waals surface area contributed by atoms with Crippen molar-refractivity contribution in [1.82, 2.24) is 25.5 Å². The molecule has 0 unspecified atom stereocenters. The van der Waals surface area contributed by atoms with Gasteiger partial charge in [-0.05, 0) is 37.9 Å². The molecule has 0 atom stereocenters. The molecule has 2 aromatic rings. The Hall–Kier alpha value is -1.95. The fourth-order valence-electron chi connectivity index (χ4n) is 2.81. The second-order valence-corrected chi connectivity index (χ2v) is 5.46. The van der Waals surface area contributed by atoms with Crippen LogP contribution in [-0.2, 0) is 6.42 Å². The summed E-state index contributed by atoms with van der Waals surface area (Å²) in [6.07, 6.45) is 9.75. The molecule has 0 saturated carbocycles. The van der Waals surface area contributed by atoms with Crippen LogP contribution >= 0.6 is 0 Å². The highest BCUT2D eigenvalue weighted by atomic mass is 15.2. The van der Waals surface area contributed by atoms with Crippen LogP contribution in [0.4, 0.5) is 5.69 Å². The Morgan fingerprint density at radius 1 is 1.24 bits per heavy atom. The third-order valence-electron chi connectivity index (χ3n) is 4.01. The second kappa shape index (κ2) is 7.17. The first-order valence-electron chi connectivity index (χ1n) is 7.64. The molecule has 0 spiro atoms. The minimum Gasteiger partial charge on any atom is -0.371 e. The van der Waals surface area contributed by atoms with Gasteiger partial charge in [-0.15, -0.1) is 0 Å². The van der Waals surface area contributed by atoms with Crippen LogP contribution in [0, 0.1) is 0 Å². The van der Waals surface area contributed by atoms with Crippen molar-refractivity contribution in [2.45, 2.75) is 31.7 Å². The molecule has 0 bridgehead atoms. The van der Waals surface area contributed by atoms with Gasteiger partial charge in [-0.2, -0.15) is 5.10 Å². The zero-order chi connectivity index (χ0) is 14.3. The lowest BCUT2D eigenvalue weighted by atomic mass is 10.0. The topological polar surface area (TPSA) is 69.7 Å². The SMILES string of the molecule is c1cc(N2CCC(NCCCc3ncn[nH]3)CC2)ccn1. The van der Waals surface area contributed by atoms with Gasteiger partial charge in [-0.1, -0.05) is 0 Å². The molecule has 0 amide bonds. The van der Waals surface area contributed by atoms with Gasteiger partial charge in [-0.25, -0.2) is 4.98 Å². The van der Waals surface area contributed by atoms with Gasteiger partial charge in [-0.3, -0.25) is 10.1 Å². The summed E-state index contributed by atoms with van der Waals surface area (Å²) in [5.41, 5.74) is 1.29. The molecule has 112 valence electrons. The van der Waals surface area contributed by atoms with Crippen molar-refractivity contribution in [3.05, 3.63) is 36.7 Å². The van der Waals surface area contributed by atoms with Crippen LogP contribution in [0.2, 0.25) is 0 Å². The van der Waals surface area contributed by atoms with Gasteiger partial charge in [0.1, 0.15) is 12.2 Å². The van der Waals surface area contributed by atoms with Crippen LogP contribution in [-0.4, -0.2) is 45.8 Å². The quantitative estimate of drug-likeness (QED) is 0.785. The summed E-state index contributed by atoms with van der Waals surface area (Å²) < 4.78 is 0. The zero-order valence-corrected chi connectivity index (χ0v) is 12.2. The highest BCUT2D eigenvalue weighted by Gasteiger charge is 2.18. The summed E-state index contributed by atoms with van der Waals surface area (Å²) in [6, 6.07) is 4.81. The number of nitrogens with one attached hydrogen (secondary N) is 2. The summed E-state index contributed by atoms with van der Waals surface area (Å²) in [7, 11) is 0. The van der Waals surface area contributed by atoms with Crippen molar-refractivity contribution in [3.8, 4) is 0 Å². The van der Waals surface area contributed by atoms with Crippen molar-refractivity contribution in [2.24, 2.45) is 0 Å². The third-order valence-corrected chi connectivity index (χ3v) is 4.01. The van der Waals surface area contributed by atoms with E-state index in [4.69, 9.17) is 0 Å². The van der Waals surface area contributed by atoms with Crippen LogP contribution < -0.4 is 10.2 Å². The molecule has 1 aliphatic rings. The maximum atomic E-state index is 4.14. The highest BCUT2D eigenvalue weighted by Crippen LogP contribution is 2.18. The van der Waals surface area contributed by atoms with Crippen molar-refractivity contribution in [1.29, 1.82) is 0 Å². The Morgan fingerprint density at radius 3 is 2.76 bits per heavy atom. The molecule has 3 rings (SSSR count). The summed E-state index contributed by atoms with van der Waals surface area (Å²) in [4.78, 5) is 10.7. The molecule has 6 nitrogen and oxygen atoms in total. The molecular weight excluding hydrogens is 264 g/mol. The van der Waals surface area contributed by atoms with E-state index in [0.717, 1.165) is 38.3 Å². The molecule has 1 fully saturated rings. The van der Waals surface area contributed by atoms with E-state index in [0.29, 0.717) is 6.04 Å². The fraction of sp³-hybridized carbons (Fsp3) is 0.533. The van der Waals surface area contributed by atoms with E-state index in [1.54, 1.807) is 6.33 Å².